The number of carbonyl (C=O) groups excluding carboxylic acids is 1. The van der Waals surface area contributed by atoms with Crippen LogP contribution in [0, 0.1) is 6.92 Å². The monoisotopic (exact) mass is 408 g/mol. The Labute approximate surface area is 183 Å². The first-order chi connectivity index (χ1) is 15.1. The van der Waals surface area contributed by atoms with Gasteiger partial charge >= 0.3 is 0 Å². The van der Waals surface area contributed by atoms with E-state index in [-0.39, 0.29) is 11.8 Å². The van der Waals surface area contributed by atoms with E-state index < -0.39 is 0 Å². The van der Waals surface area contributed by atoms with Gasteiger partial charge in [-0.15, -0.1) is 0 Å². The molecule has 1 atom stereocenters. The number of amides is 1. The van der Waals surface area contributed by atoms with Crippen LogP contribution >= 0.6 is 0 Å². The predicted molar refractivity (Wildman–Crippen MR) is 126 cm³/mol. The number of hydrogen-bond acceptors (Lipinski definition) is 1. The molecule has 3 nitrogen and oxygen atoms in total. The standard InChI is InChI=1S/C28H28N2O/c1-20-11-13-22(14-12-20)25(26-19-29(2)27-10-6-5-9-24(26)27)17-28(31)30-16-15-21-7-3-4-8-23(21)18-30/h3-14,19,25H,15-18H2,1-2H3/t25-/m1/s1. The number of para-hydroxylation sites is 1. The van der Waals surface area contributed by atoms with Gasteiger partial charge in [-0.25, -0.2) is 0 Å². The molecule has 4 aromatic rings. The highest BCUT2D eigenvalue weighted by atomic mass is 16.2. The molecule has 0 fully saturated rings. The molecule has 0 saturated carbocycles. The first kappa shape index (κ1) is 19.6. The van der Waals surface area contributed by atoms with Gasteiger partial charge in [-0.2, -0.15) is 0 Å². The summed E-state index contributed by atoms with van der Waals surface area (Å²) in [4.78, 5) is 15.5. The quantitative estimate of drug-likeness (QED) is 0.432. The molecule has 1 aliphatic heterocycles. The summed E-state index contributed by atoms with van der Waals surface area (Å²) in [5, 5.41) is 1.23. The molecule has 0 N–H and O–H groups in total. The Bertz CT molecular complexity index is 1240. The van der Waals surface area contributed by atoms with Gasteiger partial charge in [0.15, 0.2) is 0 Å². The molecule has 31 heavy (non-hydrogen) atoms. The summed E-state index contributed by atoms with van der Waals surface area (Å²) in [6, 6.07) is 25.6. The van der Waals surface area contributed by atoms with Gasteiger partial charge in [0.2, 0.25) is 5.91 Å². The van der Waals surface area contributed by atoms with Crippen LogP contribution in [-0.2, 0) is 24.8 Å². The van der Waals surface area contributed by atoms with Crippen molar-refractivity contribution in [1.82, 2.24) is 9.47 Å². The van der Waals surface area contributed by atoms with Gasteiger partial charge in [0.1, 0.15) is 0 Å². The molecular formula is C28H28N2O. The predicted octanol–water partition coefficient (Wildman–Crippen LogP) is 5.59. The van der Waals surface area contributed by atoms with E-state index in [1.165, 1.54) is 38.7 Å². The topological polar surface area (TPSA) is 25.2 Å². The van der Waals surface area contributed by atoms with Crippen LogP contribution in [0.3, 0.4) is 0 Å². The maximum atomic E-state index is 13.5. The summed E-state index contributed by atoms with van der Waals surface area (Å²) in [6.45, 7) is 3.62. The number of nitrogens with zero attached hydrogens (tertiary/aromatic N) is 2. The third-order valence-electron chi connectivity index (χ3n) is 6.65. The van der Waals surface area contributed by atoms with Gasteiger partial charge < -0.3 is 9.47 Å². The summed E-state index contributed by atoms with van der Waals surface area (Å²) in [5.74, 6) is 0.268. The minimum atomic E-state index is 0.0383. The Morgan fingerprint density at radius 1 is 0.935 bits per heavy atom. The lowest BCUT2D eigenvalue weighted by Crippen LogP contribution is -2.36. The highest BCUT2D eigenvalue weighted by molar-refractivity contribution is 5.86. The van der Waals surface area contributed by atoms with Crippen molar-refractivity contribution >= 4 is 16.8 Å². The molecule has 0 aliphatic carbocycles. The molecule has 0 bridgehead atoms. The Kier molecular flexibility index (Phi) is 5.11. The first-order valence-corrected chi connectivity index (χ1v) is 11.1. The molecular weight excluding hydrogens is 380 g/mol. The summed E-state index contributed by atoms with van der Waals surface area (Å²) >= 11 is 0. The molecule has 1 aliphatic rings. The van der Waals surface area contributed by atoms with Crippen molar-refractivity contribution in [2.45, 2.75) is 32.2 Å². The lowest BCUT2D eigenvalue weighted by Gasteiger charge is -2.30. The van der Waals surface area contributed by atoms with Crippen molar-refractivity contribution in [3.8, 4) is 0 Å². The third kappa shape index (κ3) is 3.76. The van der Waals surface area contributed by atoms with Crippen molar-refractivity contribution in [2.24, 2.45) is 7.05 Å². The van der Waals surface area contributed by atoms with Gasteiger partial charge in [-0.1, -0.05) is 72.3 Å². The fourth-order valence-corrected chi connectivity index (χ4v) is 4.87. The number of rotatable bonds is 4. The van der Waals surface area contributed by atoms with E-state index in [1.54, 1.807) is 0 Å². The summed E-state index contributed by atoms with van der Waals surface area (Å²) in [7, 11) is 2.08. The fourth-order valence-electron chi connectivity index (χ4n) is 4.87. The second-order valence-corrected chi connectivity index (χ2v) is 8.71. The van der Waals surface area contributed by atoms with Crippen molar-refractivity contribution in [2.75, 3.05) is 6.54 Å². The minimum absolute atomic E-state index is 0.0383. The Morgan fingerprint density at radius 3 is 2.45 bits per heavy atom. The van der Waals surface area contributed by atoms with E-state index in [0.717, 1.165) is 13.0 Å². The highest BCUT2D eigenvalue weighted by Crippen LogP contribution is 2.35. The third-order valence-corrected chi connectivity index (χ3v) is 6.65. The van der Waals surface area contributed by atoms with Crippen LogP contribution in [0.4, 0.5) is 0 Å². The Hall–Kier alpha value is -3.33. The molecule has 1 aromatic heterocycles. The van der Waals surface area contributed by atoms with E-state index >= 15 is 0 Å². The van der Waals surface area contributed by atoms with E-state index in [9.17, 15) is 4.79 Å². The normalized spacial score (nSPS) is 14.5. The van der Waals surface area contributed by atoms with E-state index in [4.69, 9.17) is 0 Å². The molecule has 0 radical (unpaired) electrons. The molecule has 2 heterocycles. The van der Waals surface area contributed by atoms with E-state index in [2.05, 4.69) is 97.5 Å². The minimum Gasteiger partial charge on any atom is -0.350 e. The highest BCUT2D eigenvalue weighted by Gasteiger charge is 2.26. The van der Waals surface area contributed by atoms with Crippen LogP contribution in [0.25, 0.3) is 10.9 Å². The smallest absolute Gasteiger partial charge is 0.223 e. The zero-order valence-electron chi connectivity index (χ0n) is 18.2. The second-order valence-electron chi connectivity index (χ2n) is 8.71. The van der Waals surface area contributed by atoms with Gasteiger partial charge in [0.25, 0.3) is 0 Å². The number of benzene rings is 3. The molecule has 3 aromatic carbocycles. The largest absolute Gasteiger partial charge is 0.350 e. The second kappa shape index (κ2) is 8.07. The zero-order valence-corrected chi connectivity index (χ0v) is 18.2. The maximum Gasteiger partial charge on any atom is 0.223 e. The van der Waals surface area contributed by atoms with Crippen molar-refractivity contribution < 1.29 is 4.79 Å². The molecule has 3 heteroatoms. The Morgan fingerprint density at radius 2 is 1.65 bits per heavy atom. The molecule has 0 saturated heterocycles. The lowest BCUT2D eigenvalue weighted by atomic mass is 9.87. The van der Waals surface area contributed by atoms with Crippen LogP contribution in [0.1, 0.15) is 40.2 Å². The molecule has 156 valence electrons. The molecule has 5 rings (SSSR count). The number of carbonyl (C=O) groups is 1. The number of fused-ring (bicyclic) bond motifs is 2. The summed E-state index contributed by atoms with van der Waals surface area (Å²) in [6.07, 6.45) is 3.62. The maximum absolute atomic E-state index is 13.5. The molecule has 1 amide bonds. The lowest BCUT2D eigenvalue weighted by molar-refractivity contribution is -0.132. The number of aryl methyl sites for hydroxylation is 2. The Balaban J connectivity index is 1.49. The van der Waals surface area contributed by atoms with Gasteiger partial charge in [-0.3, -0.25) is 4.79 Å². The molecule has 0 unspecified atom stereocenters. The van der Waals surface area contributed by atoms with E-state index in [1.807, 2.05) is 4.90 Å². The van der Waals surface area contributed by atoms with Crippen molar-refractivity contribution in [3.63, 3.8) is 0 Å². The number of hydrogen-bond donors (Lipinski definition) is 0. The number of aromatic nitrogens is 1. The van der Waals surface area contributed by atoms with Crippen molar-refractivity contribution in [3.05, 3.63) is 107 Å². The van der Waals surface area contributed by atoms with Crippen LogP contribution < -0.4 is 0 Å². The summed E-state index contributed by atoms with van der Waals surface area (Å²) in [5.41, 5.74) is 7.52. The zero-order chi connectivity index (χ0) is 21.4. The van der Waals surface area contributed by atoms with Gasteiger partial charge in [0.05, 0.1) is 0 Å². The fraction of sp³-hybridized carbons (Fsp3) is 0.250. The molecule has 0 spiro atoms. The average molecular weight is 409 g/mol. The summed E-state index contributed by atoms with van der Waals surface area (Å²) < 4.78 is 2.17. The van der Waals surface area contributed by atoms with Gasteiger partial charge in [-0.05, 0) is 41.7 Å². The first-order valence-electron chi connectivity index (χ1n) is 11.1. The van der Waals surface area contributed by atoms with Crippen molar-refractivity contribution in [1.29, 1.82) is 0 Å². The van der Waals surface area contributed by atoms with Crippen LogP contribution in [-0.4, -0.2) is 21.9 Å². The van der Waals surface area contributed by atoms with E-state index in [0.29, 0.717) is 13.0 Å². The van der Waals surface area contributed by atoms with Crippen LogP contribution in [0.2, 0.25) is 0 Å². The van der Waals surface area contributed by atoms with Crippen LogP contribution in [0.15, 0.2) is 79.0 Å². The SMILES string of the molecule is Cc1ccc([C@@H](CC(=O)N2CCc3ccccc3C2)c2cn(C)c3ccccc23)cc1. The average Bonchev–Trinajstić information content (AvgIpc) is 3.14. The van der Waals surface area contributed by atoms with Gasteiger partial charge in [0, 0.05) is 49.6 Å². The van der Waals surface area contributed by atoms with Crippen LogP contribution in [0.5, 0.6) is 0 Å².